The molecule has 1 aromatic rings. The van der Waals surface area contributed by atoms with E-state index in [2.05, 4.69) is 11.0 Å². The molecule has 4 heterocycles. The monoisotopic (exact) mass is 536 g/mol. The summed E-state index contributed by atoms with van der Waals surface area (Å²) in [6.45, 7) is 6.41. The van der Waals surface area contributed by atoms with Crippen LogP contribution in [0.1, 0.15) is 42.9 Å². The summed E-state index contributed by atoms with van der Waals surface area (Å²) in [5.41, 5.74) is 0.877. The van der Waals surface area contributed by atoms with Gasteiger partial charge in [-0.3, -0.25) is 19.1 Å². The molecule has 0 aliphatic carbocycles. The number of rotatable bonds is 6. The lowest BCUT2D eigenvalue weighted by atomic mass is 10.0. The molecule has 1 amide bonds. The van der Waals surface area contributed by atoms with Crippen molar-refractivity contribution in [1.82, 2.24) is 9.47 Å². The quantitative estimate of drug-likeness (QED) is 0.398. The van der Waals surface area contributed by atoms with E-state index in [0.29, 0.717) is 65.4 Å². The number of anilines is 1. The summed E-state index contributed by atoms with van der Waals surface area (Å²) < 4.78 is 31.5. The molecular weight excluding hydrogens is 508 g/mol. The Balaban J connectivity index is 1.84. The van der Waals surface area contributed by atoms with Crippen LogP contribution in [0.2, 0.25) is 0 Å². The predicted octanol–water partition coefficient (Wildman–Crippen LogP) is 2.05. The molecule has 188 valence electrons. The van der Waals surface area contributed by atoms with Gasteiger partial charge in [-0.1, -0.05) is 37.3 Å². The molecule has 4 rings (SSSR count). The number of unbranched alkanes of at least 4 members (excludes halogenated alkanes) is 1. The topological polar surface area (TPSA) is 113 Å². The highest BCUT2D eigenvalue weighted by molar-refractivity contribution is 8.26. The number of hydrogen-bond donors (Lipinski definition) is 0. The number of nitriles is 1. The van der Waals surface area contributed by atoms with E-state index in [4.69, 9.17) is 17.0 Å². The highest BCUT2D eigenvalue weighted by atomic mass is 32.2. The van der Waals surface area contributed by atoms with Gasteiger partial charge in [0.2, 0.25) is 0 Å². The van der Waals surface area contributed by atoms with Gasteiger partial charge in [-0.25, -0.2) is 8.42 Å². The Morgan fingerprint density at radius 1 is 1.29 bits per heavy atom. The molecule has 0 radical (unpaired) electrons. The van der Waals surface area contributed by atoms with Crippen LogP contribution < -0.4 is 10.5 Å². The van der Waals surface area contributed by atoms with Crippen LogP contribution in [-0.2, 0) is 25.9 Å². The average molecular weight is 537 g/mol. The van der Waals surface area contributed by atoms with E-state index in [1.54, 1.807) is 17.6 Å². The zero-order valence-electron chi connectivity index (χ0n) is 19.8. The molecule has 0 aromatic carbocycles. The molecule has 0 N–H and O–H groups in total. The summed E-state index contributed by atoms with van der Waals surface area (Å²) in [4.78, 5) is 30.5. The lowest BCUT2D eigenvalue weighted by molar-refractivity contribution is -0.123. The van der Waals surface area contributed by atoms with E-state index in [1.165, 1.54) is 4.90 Å². The average Bonchev–Trinajstić information content (AvgIpc) is 3.32. The van der Waals surface area contributed by atoms with Crippen LogP contribution in [0.25, 0.3) is 6.08 Å². The third kappa shape index (κ3) is 5.05. The van der Waals surface area contributed by atoms with E-state index in [-0.39, 0.29) is 28.5 Å². The van der Waals surface area contributed by atoms with Gasteiger partial charge in [0, 0.05) is 25.2 Å². The fourth-order valence-corrected chi connectivity index (χ4v) is 7.77. The van der Waals surface area contributed by atoms with Crippen molar-refractivity contribution < 1.29 is 17.9 Å². The summed E-state index contributed by atoms with van der Waals surface area (Å²) in [6.07, 6.45) is 3.72. The molecule has 1 unspecified atom stereocenters. The van der Waals surface area contributed by atoms with Gasteiger partial charge in [0.25, 0.3) is 11.5 Å². The molecule has 3 saturated heterocycles. The normalized spacial score (nSPS) is 23.3. The van der Waals surface area contributed by atoms with E-state index < -0.39 is 15.9 Å². The fourth-order valence-electron chi connectivity index (χ4n) is 4.69. The first kappa shape index (κ1) is 25.9. The predicted molar refractivity (Wildman–Crippen MR) is 140 cm³/mol. The summed E-state index contributed by atoms with van der Waals surface area (Å²) in [7, 11) is -3.19. The lowest BCUT2D eigenvalue weighted by Crippen LogP contribution is -2.41. The first-order valence-electron chi connectivity index (χ1n) is 11.7. The molecule has 35 heavy (non-hydrogen) atoms. The molecule has 12 heteroatoms. The standard InChI is InChI=1S/C23H28N4O5S3/c1-3-4-6-26-20(25-7-9-32-10-8-25)17(15(2)18(13-24)21(26)28)12-19-22(29)27(23(33)34-19)16-5-11-35(30,31)14-16/h12,16H,3-11,14H2,1-2H3/b19-12+. The minimum atomic E-state index is -3.19. The van der Waals surface area contributed by atoms with Crippen molar-refractivity contribution in [2.45, 2.75) is 45.7 Å². The van der Waals surface area contributed by atoms with Crippen molar-refractivity contribution >= 4 is 55.9 Å². The van der Waals surface area contributed by atoms with Crippen LogP contribution in [0.3, 0.4) is 0 Å². The van der Waals surface area contributed by atoms with Crippen molar-refractivity contribution in [3.63, 3.8) is 0 Å². The molecule has 1 aromatic heterocycles. The smallest absolute Gasteiger partial charge is 0.270 e. The van der Waals surface area contributed by atoms with Crippen molar-refractivity contribution in [2.75, 3.05) is 42.7 Å². The van der Waals surface area contributed by atoms with Crippen LogP contribution in [-0.4, -0.2) is 72.0 Å². The van der Waals surface area contributed by atoms with Gasteiger partial charge >= 0.3 is 0 Å². The first-order valence-corrected chi connectivity index (χ1v) is 14.7. The zero-order valence-corrected chi connectivity index (χ0v) is 22.2. The lowest BCUT2D eigenvalue weighted by Gasteiger charge is -2.33. The fraction of sp³-hybridized carbons (Fsp3) is 0.565. The van der Waals surface area contributed by atoms with E-state index in [9.17, 15) is 23.3 Å². The summed E-state index contributed by atoms with van der Waals surface area (Å²) in [5.74, 6) is 0.295. The first-order chi connectivity index (χ1) is 16.7. The number of aromatic nitrogens is 1. The van der Waals surface area contributed by atoms with E-state index in [1.807, 2.05) is 6.92 Å². The summed E-state index contributed by atoms with van der Waals surface area (Å²) in [6, 6.07) is 1.59. The van der Waals surface area contributed by atoms with Crippen molar-refractivity contribution in [3.05, 3.63) is 31.9 Å². The van der Waals surface area contributed by atoms with Gasteiger partial charge in [-0.15, -0.1) is 0 Å². The molecular formula is C23H28N4O5S3. The molecule has 3 aliphatic rings. The number of ether oxygens (including phenoxy) is 1. The molecule has 3 aliphatic heterocycles. The highest BCUT2D eigenvalue weighted by Gasteiger charge is 2.42. The Hall–Kier alpha value is -2.20. The Labute approximate surface area is 214 Å². The molecule has 3 fully saturated rings. The van der Waals surface area contributed by atoms with Crippen molar-refractivity contribution in [1.29, 1.82) is 5.26 Å². The Bertz CT molecular complexity index is 1290. The maximum absolute atomic E-state index is 13.4. The Morgan fingerprint density at radius 3 is 2.60 bits per heavy atom. The van der Waals surface area contributed by atoms with Crippen LogP contribution >= 0.6 is 24.0 Å². The minimum Gasteiger partial charge on any atom is -0.378 e. The second kappa shape index (κ2) is 10.4. The number of thiocarbonyl (C=S) groups is 1. The third-order valence-electron chi connectivity index (χ3n) is 6.56. The largest absolute Gasteiger partial charge is 0.378 e. The molecule has 0 saturated carbocycles. The van der Waals surface area contributed by atoms with E-state index >= 15 is 0 Å². The van der Waals surface area contributed by atoms with Gasteiger partial charge < -0.3 is 9.64 Å². The number of carbonyl (C=O) groups excluding carboxylic acids is 1. The van der Waals surface area contributed by atoms with Crippen LogP contribution in [0, 0.1) is 18.3 Å². The maximum atomic E-state index is 13.4. The van der Waals surface area contributed by atoms with E-state index in [0.717, 1.165) is 24.6 Å². The number of amides is 1. The minimum absolute atomic E-state index is 0.0436. The second-order valence-corrected chi connectivity index (χ2v) is 12.8. The van der Waals surface area contributed by atoms with Crippen molar-refractivity contribution in [2.24, 2.45) is 0 Å². The summed E-state index contributed by atoms with van der Waals surface area (Å²) >= 11 is 6.59. The molecule has 1 atom stereocenters. The van der Waals surface area contributed by atoms with Crippen LogP contribution in [0.5, 0.6) is 0 Å². The van der Waals surface area contributed by atoms with Crippen LogP contribution in [0.15, 0.2) is 9.70 Å². The molecule has 0 spiro atoms. The van der Waals surface area contributed by atoms with Gasteiger partial charge in [-0.2, -0.15) is 5.26 Å². The number of pyridine rings is 1. The number of morpholine rings is 1. The second-order valence-electron chi connectivity index (χ2n) is 8.87. The third-order valence-corrected chi connectivity index (χ3v) is 9.65. The number of thioether (sulfide) groups is 1. The Morgan fingerprint density at radius 2 is 2.00 bits per heavy atom. The van der Waals surface area contributed by atoms with Crippen molar-refractivity contribution in [3.8, 4) is 6.07 Å². The van der Waals surface area contributed by atoms with Gasteiger partial charge in [0.15, 0.2) is 9.84 Å². The number of carbonyl (C=O) groups is 1. The van der Waals surface area contributed by atoms with Gasteiger partial charge in [-0.05, 0) is 31.4 Å². The number of sulfone groups is 1. The Kier molecular flexibility index (Phi) is 7.71. The zero-order chi connectivity index (χ0) is 25.3. The summed E-state index contributed by atoms with van der Waals surface area (Å²) in [5, 5.41) is 9.79. The van der Waals surface area contributed by atoms with Gasteiger partial charge in [0.1, 0.15) is 21.8 Å². The highest BCUT2D eigenvalue weighted by Crippen LogP contribution is 2.38. The number of hydrogen-bond acceptors (Lipinski definition) is 9. The maximum Gasteiger partial charge on any atom is 0.270 e. The van der Waals surface area contributed by atoms with Gasteiger partial charge in [0.05, 0.1) is 35.7 Å². The molecule has 0 bridgehead atoms. The molecule has 9 nitrogen and oxygen atoms in total. The van der Waals surface area contributed by atoms with Crippen LogP contribution in [0.4, 0.5) is 5.82 Å². The number of nitrogens with zero attached hydrogens (tertiary/aromatic N) is 4. The SMILES string of the molecule is CCCCn1c(N2CCOCC2)c(/C=C2/SC(=S)N(C3CCS(=O)(=O)C3)C2=O)c(C)c(C#N)c1=O.